The number of carbonyl (C=O) groups excluding carboxylic acids is 2. The third-order valence-electron chi connectivity index (χ3n) is 3.31. The monoisotopic (exact) mass is 470 g/mol. The summed E-state index contributed by atoms with van der Waals surface area (Å²) in [5.41, 5.74) is 1.65. The first-order chi connectivity index (χ1) is 11.5. The van der Waals surface area contributed by atoms with Gasteiger partial charge < -0.3 is 5.32 Å². The SMILES string of the molecule is O=C1S/C(=C\c2ccc(I)cc2)C(=O)N1CNc1cccc(Cl)c1. The number of halogens is 2. The fourth-order valence-corrected chi connectivity index (χ4v) is 3.50. The maximum absolute atomic E-state index is 12.4. The number of rotatable bonds is 4. The Kier molecular flexibility index (Phi) is 5.47. The van der Waals surface area contributed by atoms with Gasteiger partial charge in [0.2, 0.25) is 0 Å². The zero-order chi connectivity index (χ0) is 17.1. The van der Waals surface area contributed by atoms with E-state index >= 15 is 0 Å². The molecule has 1 aliphatic heterocycles. The van der Waals surface area contributed by atoms with E-state index in [1.807, 2.05) is 30.3 Å². The highest BCUT2D eigenvalue weighted by Gasteiger charge is 2.34. The summed E-state index contributed by atoms with van der Waals surface area (Å²) in [6.07, 6.45) is 1.74. The van der Waals surface area contributed by atoms with Gasteiger partial charge in [0, 0.05) is 14.3 Å². The molecule has 1 saturated heterocycles. The highest BCUT2D eigenvalue weighted by Crippen LogP contribution is 2.32. The number of imide groups is 1. The Morgan fingerprint density at radius 2 is 1.92 bits per heavy atom. The van der Waals surface area contributed by atoms with Gasteiger partial charge in [0.25, 0.3) is 11.1 Å². The summed E-state index contributed by atoms with van der Waals surface area (Å²) in [5, 5.41) is 3.34. The molecule has 2 amide bonds. The second-order valence-electron chi connectivity index (χ2n) is 5.01. The first-order valence-corrected chi connectivity index (χ1v) is 9.30. The maximum Gasteiger partial charge on any atom is 0.295 e. The number of nitrogens with one attached hydrogen (secondary N) is 1. The summed E-state index contributed by atoms with van der Waals surface area (Å²) < 4.78 is 1.11. The zero-order valence-corrected chi connectivity index (χ0v) is 16.1. The van der Waals surface area contributed by atoms with Crippen LogP contribution in [-0.4, -0.2) is 22.7 Å². The predicted octanol–water partition coefficient (Wildman–Crippen LogP) is 5.05. The molecule has 2 aromatic carbocycles. The Hall–Kier alpha value is -1.51. The lowest BCUT2D eigenvalue weighted by molar-refractivity contribution is -0.122. The normalized spacial score (nSPS) is 16.1. The number of amides is 2. The predicted molar refractivity (Wildman–Crippen MR) is 107 cm³/mol. The summed E-state index contributed by atoms with van der Waals surface area (Å²) in [7, 11) is 0. The van der Waals surface area contributed by atoms with Crippen molar-refractivity contribution in [3.05, 3.63) is 67.6 Å². The van der Waals surface area contributed by atoms with Crippen LogP contribution in [0.1, 0.15) is 5.56 Å². The van der Waals surface area contributed by atoms with E-state index in [0.717, 1.165) is 26.6 Å². The van der Waals surface area contributed by atoms with E-state index in [0.29, 0.717) is 9.93 Å². The molecule has 3 rings (SSSR count). The molecule has 7 heteroatoms. The molecular formula is C17H12ClIN2O2S. The molecular weight excluding hydrogens is 459 g/mol. The Morgan fingerprint density at radius 1 is 1.17 bits per heavy atom. The first kappa shape index (κ1) is 17.3. The number of benzene rings is 2. The Morgan fingerprint density at radius 3 is 2.62 bits per heavy atom. The van der Waals surface area contributed by atoms with Crippen LogP contribution in [0.3, 0.4) is 0 Å². The summed E-state index contributed by atoms with van der Waals surface area (Å²) in [5.74, 6) is -0.293. The molecule has 0 aliphatic carbocycles. The Labute approximate surface area is 162 Å². The highest BCUT2D eigenvalue weighted by atomic mass is 127. The number of nitrogens with zero attached hydrogens (tertiary/aromatic N) is 1. The van der Waals surface area contributed by atoms with Gasteiger partial charge in [-0.2, -0.15) is 0 Å². The molecule has 1 heterocycles. The van der Waals surface area contributed by atoms with Gasteiger partial charge in [0.15, 0.2) is 0 Å². The largest absolute Gasteiger partial charge is 0.367 e. The molecule has 0 aromatic heterocycles. The van der Waals surface area contributed by atoms with Crippen LogP contribution >= 0.6 is 46.0 Å². The molecule has 0 bridgehead atoms. The molecule has 1 fully saturated rings. The van der Waals surface area contributed by atoms with Gasteiger partial charge in [0.1, 0.15) is 0 Å². The second kappa shape index (κ2) is 7.58. The number of anilines is 1. The van der Waals surface area contributed by atoms with Crippen molar-refractivity contribution in [2.24, 2.45) is 0 Å². The van der Waals surface area contributed by atoms with Crippen LogP contribution < -0.4 is 5.32 Å². The molecule has 2 aromatic rings. The fourth-order valence-electron chi connectivity index (χ4n) is 2.12. The van der Waals surface area contributed by atoms with Crippen LogP contribution in [0.5, 0.6) is 0 Å². The standard InChI is InChI=1S/C17H12ClIN2O2S/c18-12-2-1-3-14(9-12)20-10-21-16(22)15(24-17(21)23)8-11-4-6-13(19)7-5-11/h1-9,20H,10H2/b15-8-. The van der Waals surface area contributed by atoms with E-state index < -0.39 is 0 Å². The second-order valence-corrected chi connectivity index (χ2v) is 7.68. The summed E-state index contributed by atoms with van der Waals surface area (Å²) >= 11 is 9.09. The zero-order valence-electron chi connectivity index (χ0n) is 12.3. The smallest absolute Gasteiger partial charge is 0.295 e. The topological polar surface area (TPSA) is 49.4 Å². The van der Waals surface area contributed by atoms with E-state index in [1.165, 1.54) is 4.90 Å². The van der Waals surface area contributed by atoms with Gasteiger partial charge in [-0.3, -0.25) is 14.5 Å². The van der Waals surface area contributed by atoms with Crippen molar-refractivity contribution in [3.8, 4) is 0 Å². The van der Waals surface area contributed by atoms with E-state index in [9.17, 15) is 9.59 Å². The van der Waals surface area contributed by atoms with Crippen molar-refractivity contribution in [1.82, 2.24) is 4.90 Å². The fraction of sp³-hybridized carbons (Fsp3) is 0.0588. The van der Waals surface area contributed by atoms with E-state index in [2.05, 4.69) is 27.9 Å². The lowest BCUT2D eigenvalue weighted by atomic mass is 10.2. The van der Waals surface area contributed by atoms with Crippen molar-refractivity contribution in [3.63, 3.8) is 0 Å². The quantitative estimate of drug-likeness (QED) is 0.502. The summed E-state index contributed by atoms with van der Waals surface area (Å²) in [6.45, 7) is 0.106. The van der Waals surface area contributed by atoms with Gasteiger partial charge >= 0.3 is 0 Å². The van der Waals surface area contributed by atoms with Crippen LogP contribution in [-0.2, 0) is 4.79 Å². The molecule has 122 valence electrons. The van der Waals surface area contributed by atoms with Gasteiger partial charge in [-0.15, -0.1) is 0 Å². The molecule has 24 heavy (non-hydrogen) atoms. The van der Waals surface area contributed by atoms with Crippen LogP contribution in [0, 0.1) is 3.57 Å². The van der Waals surface area contributed by atoms with Crippen molar-refractivity contribution in [2.75, 3.05) is 12.0 Å². The van der Waals surface area contributed by atoms with Gasteiger partial charge in [-0.05, 0) is 76.3 Å². The third kappa shape index (κ3) is 4.12. The molecule has 0 unspecified atom stereocenters. The van der Waals surface area contributed by atoms with E-state index in [4.69, 9.17) is 11.6 Å². The summed E-state index contributed by atoms with van der Waals surface area (Å²) in [4.78, 5) is 26.1. The minimum Gasteiger partial charge on any atom is -0.367 e. The minimum absolute atomic E-state index is 0.106. The van der Waals surface area contributed by atoms with Crippen molar-refractivity contribution in [2.45, 2.75) is 0 Å². The number of hydrogen-bond acceptors (Lipinski definition) is 4. The first-order valence-electron chi connectivity index (χ1n) is 7.03. The lowest BCUT2D eigenvalue weighted by Crippen LogP contribution is -2.33. The maximum atomic E-state index is 12.4. The molecule has 0 atom stereocenters. The number of thioether (sulfide) groups is 1. The van der Waals surface area contributed by atoms with Crippen LogP contribution in [0.25, 0.3) is 6.08 Å². The van der Waals surface area contributed by atoms with Crippen molar-refractivity contribution < 1.29 is 9.59 Å². The lowest BCUT2D eigenvalue weighted by Gasteiger charge is -2.14. The summed E-state index contributed by atoms with van der Waals surface area (Å²) in [6, 6.07) is 14.9. The third-order valence-corrected chi connectivity index (χ3v) is 5.17. The average Bonchev–Trinajstić information content (AvgIpc) is 2.82. The van der Waals surface area contributed by atoms with E-state index in [-0.39, 0.29) is 17.8 Å². The molecule has 1 N–H and O–H groups in total. The highest BCUT2D eigenvalue weighted by molar-refractivity contribution is 14.1. The minimum atomic E-state index is -0.293. The Balaban J connectivity index is 1.71. The number of carbonyl (C=O) groups is 2. The van der Waals surface area contributed by atoms with Crippen molar-refractivity contribution in [1.29, 1.82) is 0 Å². The van der Waals surface area contributed by atoms with Gasteiger partial charge in [-0.1, -0.05) is 29.8 Å². The van der Waals surface area contributed by atoms with Gasteiger partial charge in [0.05, 0.1) is 11.6 Å². The molecule has 1 aliphatic rings. The van der Waals surface area contributed by atoms with Crippen molar-refractivity contribution >= 4 is 68.9 Å². The Bertz CT molecular complexity index is 824. The van der Waals surface area contributed by atoms with E-state index in [1.54, 1.807) is 24.3 Å². The van der Waals surface area contributed by atoms with Crippen LogP contribution in [0.2, 0.25) is 5.02 Å². The van der Waals surface area contributed by atoms with Crippen LogP contribution in [0.4, 0.5) is 10.5 Å². The van der Waals surface area contributed by atoms with Gasteiger partial charge in [-0.25, -0.2) is 0 Å². The molecule has 0 saturated carbocycles. The molecule has 0 spiro atoms. The van der Waals surface area contributed by atoms with Crippen LogP contribution in [0.15, 0.2) is 53.4 Å². The average molecular weight is 471 g/mol. The molecule has 0 radical (unpaired) electrons. The molecule has 4 nitrogen and oxygen atoms in total. The number of hydrogen-bond donors (Lipinski definition) is 1.